The first-order valence-corrected chi connectivity index (χ1v) is 9.05. The summed E-state index contributed by atoms with van der Waals surface area (Å²) in [5.74, 6) is 0.197. The van der Waals surface area contributed by atoms with Gasteiger partial charge in [-0.1, -0.05) is 24.6 Å². The number of carbonyl (C=O) groups excluding carboxylic acids is 1. The van der Waals surface area contributed by atoms with E-state index in [9.17, 15) is 4.79 Å². The van der Waals surface area contributed by atoms with E-state index >= 15 is 0 Å². The number of piperazine rings is 1. The fourth-order valence-corrected chi connectivity index (χ4v) is 3.75. The van der Waals surface area contributed by atoms with Crippen molar-refractivity contribution in [2.45, 2.75) is 32.6 Å². The number of hydrogen-bond donors (Lipinski definition) is 0. The van der Waals surface area contributed by atoms with Gasteiger partial charge in [-0.3, -0.25) is 4.79 Å². The first kappa shape index (κ1) is 16.3. The van der Waals surface area contributed by atoms with Gasteiger partial charge in [0, 0.05) is 45.3 Å². The molecule has 2 aliphatic heterocycles. The molecule has 0 saturated carbocycles. The lowest BCUT2D eigenvalue weighted by Crippen LogP contribution is -2.48. The quantitative estimate of drug-likeness (QED) is 0.853. The third-order valence-electron chi connectivity index (χ3n) is 5.20. The van der Waals surface area contributed by atoms with Gasteiger partial charge in [0.25, 0.3) is 0 Å². The van der Waals surface area contributed by atoms with E-state index in [0.29, 0.717) is 0 Å². The molecule has 0 bridgehead atoms. The van der Waals surface area contributed by atoms with Gasteiger partial charge < -0.3 is 14.7 Å². The highest BCUT2D eigenvalue weighted by Crippen LogP contribution is 2.23. The standard InChI is InChI=1S/C19H29N3O/c1-17(23)21-13-15-22(16-14-21)19-8-4-3-7-18(19)9-12-20-10-5-2-6-11-20/h3-4,7-8H,2,5-6,9-16H2,1H3. The second-order valence-corrected chi connectivity index (χ2v) is 6.77. The monoisotopic (exact) mass is 315 g/mol. The summed E-state index contributed by atoms with van der Waals surface area (Å²) < 4.78 is 0. The number of likely N-dealkylation sites (tertiary alicyclic amines) is 1. The minimum absolute atomic E-state index is 0.197. The second-order valence-electron chi connectivity index (χ2n) is 6.77. The molecule has 2 heterocycles. The van der Waals surface area contributed by atoms with Crippen LogP contribution in [0.1, 0.15) is 31.7 Å². The molecular formula is C19H29N3O. The van der Waals surface area contributed by atoms with E-state index in [1.807, 2.05) is 4.90 Å². The van der Waals surface area contributed by atoms with Crippen molar-refractivity contribution in [1.29, 1.82) is 0 Å². The summed E-state index contributed by atoms with van der Waals surface area (Å²) in [5, 5.41) is 0. The van der Waals surface area contributed by atoms with E-state index in [1.165, 1.54) is 50.1 Å². The third kappa shape index (κ3) is 4.25. The van der Waals surface area contributed by atoms with Crippen LogP contribution in [-0.2, 0) is 11.2 Å². The predicted octanol–water partition coefficient (Wildman–Crippen LogP) is 2.38. The molecule has 1 aromatic rings. The summed E-state index contributed by atoms with van der Waals surface area (Å²) in [5.41, 5.74) is 2.82. The molecule has 4 nitrogen and oxygen atoms in total. The van der Waals surface area contributed by atoms with Crippen molar-refractivity contribution in [2.75, 3.05) is 50.7 Å². The molecule has 0 N–H and O–H groups in total. The summed E-state index contributed by atoms with van der Waals surface area (Å²) >= 11 is 0. The molecule has 0 spiro atoms. The Bertz CT molecular complexity index is 517. The Morgan fingerprint density at radius 1 is 0.957 bits per heavy atom. The van der Waals surface area contributed by atoms with E-state index in [-0.39, 0.29) is 5.91 Å². The van der Waals surface area contributed by atoms with Gasteiger partial charge in [0.2, 0.25) is 5.91 Å². The number of piperidine rings is 1. The zero-order chi connectivity index (χ0) is 16.1. The summed E-state index contributed by atoms with van der Waals surface area (Å²) in [6.07, 6.45) is 5.24. The third-order valence-corrected chi connectivity index (χ3v) is 5.20. The first-order chi connectivity index (χ1) is 11.2. The number of hydrogen-bond acceptors (Lipinski definition) is 3. The van der Waals surface area contributed by atoms with Crippen LogP contribution in [0.3, 0.4) is 0 Å². The Balaban J connectivity index is 1.60. The van der Waals surface area contributed by atoms with Crippen molar-refractivity contribution in [3.63, 3.8) is 0 Å². The lowest BCUT2D eigenvalue weighted by atomic mass is 10.1. The fraction of sp³-hybridized carbons (Fsp3) is 0.632. The van der Waals surface area contributed by atoms with Gasteiger partial charge in [-0.2, -0.15) is 0 Å². The number of rotatable bonds is 4. The molecule has 1 amide bonds. The van der Waals surface area contributed by atoms with E-state index in [2.05, 4.69) is 34.1 Å². The molecule has 0 aliphatic carbocycles. The number of amides is 1. The van der Waals surface area contributed by atoms with Crippen LogP contribution in [0.4, 0.5) is 5.69 Å². The Morgan fingerprint density at radius 2 is 1.65 bits per heavy atom. The molecule has 2 saturated heterocycles. The van der Waals surface area contributed by atoms with Crippen LogP contribution in [0.5, 0.6) is 0 Å². The smallest absolute Gasteiger partial charge is 0.219 e. The molecule has 4 heteroatoms. The largest absolute Gasteiger partial charge is 0.368 e. The minimum atomic E-state index is 0.197. The van der Waals surface area contributed by atoms with Crippen LogP contribution in [0.15, 0.2) is 24.3 Å². The Labute approximate surface area is 140 Å². The van der Waals surface area contributed by atoms with Crippen molar-refractivity contribution >= 4 is 11.6 Å². The summed E-state index contributed by atoms with van der Waals surface area (Å²) in [6, 6.07) is 8.81. The molecule has 1 aromatic carbocycles. The van der Waals surface area contributed by atoms with E-state index < -0.39 is 0 Å². The maximum Gasteiger partial charge on any atom is 0.219 e. The van der Waals surface area contributed by atoms with E-state index in [4.69, 9.17) is 0 Å². The molecule has 126 valence electrons. The number of para-hydroxylation sites is 1. The number of anilines is 1. The molecule has 0 unspecified atom stereocenters. The molecular weight excluding hydrogens is 286 g/mol. The lowest BCUT2D eigenvalue weighted by molar-refractivity contribution is -0.129. The van der Waals surface area contributed by atoms with Gasteiger partial charge in [-0.05, 0) is 44.0 Å². The Hall–Kier alpha value is -1.55. The molecule has 23 heavy (non-hydrogen) atoms. The zero-order valence-corrected chi connectivity index (χ0v) is 14.3. The van der Waals surface area contributed by atoms with Gasteiger partial charge in [-0.25, -0.2) is 0 Å². The second kappa shape index (κ2) is 7.82. The zero-order valence-electron chi connectivity index (χ0n) is 14.3. The van der Waals surface area contributed by atoms with Crippen molar-refractivity contribution in [2.24, 2.45) is 0 Å². The van der Waals surface area contributed by atoms with Crippen LogP contribution < -0.4 is 4.90 Å². The fourth-order valence-electron chi connectivity index (χ4n) is 3.75. The van der Waals surface area contributed by atoms with Crippen LogP contribution >= 0.6 is 0 Å². The average Bonchev–Trinajstić information content (AvgIpc) is 2.61. The average molecular weight is 315 g/mol. The summed E-state index contributed by atoms with van der Waals surface area (Å²) in [4.78, 5) is 18.5. The van der Waals surface area contributed by atoms with Crippen molar-refractivity contribution in [3.8, 4) is 0 Å². The van der Waals surface area contributed by atoms with Crippen LogP contribution in [-0.4, -0.2) is 61.5 Å². The Morgan fingerprint density at radius 3 is 2.35 bits per heavy atom. The summed E-state index contributed by atoms with van der Waals surface area (Å²) in [6.45, 7) is 8.94. The van der Waals surface area contributed by atoms with Crippen LogP contribution in [0, 0.1) is 0 Å². The molecule has 0 atom stereocenters. The minimum Gasteiger partial charge on any atom is -0.368 e. The number of nitrogens with zero attached hydrogens (tertiary/aromatic N) is 3. The van der Waals surface area contributed by atoms with Crippen molar-refractivity contribution < 1.29 is 4.79 Å². The van der Waals surface area contributed by atoms with Gasteiger partial charge >= 0.3 is 0 Å². The SMILES string of the molecule is CC(=O)N1CCN(c2ccccc2CCN2CCCCC2)CC1. The number of carbonyl (C=O) groups is 1. The van der Waals surface area contributed by atoms with Gasteiger partial charge in [-0.15, -0.1) is 0 Å². The van der Waals surface area contributed by atoms with Crippen LogP contribution in [0.2, 0.25) is 0 Å². The molecule has 0 aromatic heterocycles. The topological polar surface area (TPSA) is 26.8 Å². The van der Waals surface area contributed by atoms with E-state index in [0.717, 1.165) is 32.6 Å². The van der Waals surface area contributed by atoms with Gasteiger partial charge in [0.1, 0.15) is 0 Å². The molecule has 3 rings (SSSR count). The summed E-state index contributed by atoms with van der Waals surface area (Å²) in [7, 11) is 0. The maximum atomic E-state index is 11.5. The van der Waals surface area contributed by atoms with E-state index in [1.54, 1.807) is 6.92 Å². The molecule has 2 aliphatic rings. The first-order valence-electron chi connectivity index (χ1n) is 9.05. The lowest BCUT2D eigenvalue weighted by Gasteiger charge is -2.37. The van der Waals surface area contributed by atoms with Crippen molar-refractivity contribution in [1.82, 2.24) is 9.80 Å². The highest BCUT2D eigenvalue weighted by Gasteiger charge is 2.20. The van der Waals surface area contributed by atoms with Crippen molar-refractivity contribution in [3.05, 3.63) is 29.8 Å². The predicted molar refractivity (Wildman–Crippen MR) is 94.9 cm³/mol. The maximum absolute atomic E-state index is 11.5. The molecule has 2 fully saturated rings. The van der Waals surface area contributed by atoms with Gasteiger partial charge in [0.05, 0.1) is 0 Å². The Kier molecular flexibility index (Phi) is 5.55. The van der Waals surface area contributed by atoms with Gasteiger partial charge in [0.15, 0.2) is 0 Å². The van der Waals surface area contributed by atoms with Crippen LogP contribution in [0.25, 0.3) is 0 Å². The number of benzene rings is 1. The highest BCUT2D eigenvalue weighted by atomic mass is 16.2. The highest BCUT2D eigenvalue weighted by molar-refractivity contribution is 5.73. The normalized spacial score (nSPS) is 19.9. The molecule has 0 radical (unpaired) electrons.